The van der Waals surface area contributed by atoms with Gasteiger partial charge in [0, 0.05) is 0 Å². The van der Waals surface area contributed by atoms with Gasteiger partial charge in [-0.3, -0.25) is 4.79 Å². The molecule has 1 aliphatic carbocycles. The normalized spacial score (nSPS) is 16.3. The molecule has 126 valence electrons. The average molecular weight is 332 g/mol. The van der Waals surface area contributed by atoms with Crippen LogP contribution in [0, 0.1) is 6.92 Å². The van der Waals surface area contributed by atoms with Crippen LogP contribution in [0.4, 0.5) is 0 Å². The Labute approximate surface area is 146 Å². The van der Waals surface area contributed by atoms with E-state index < -0.39 is 0 Å². The molecule has 0 spiro atoms. The Hall–Kier alpha value is -2.95. The molecule has 0 unspecified atom stereocenters. The molecule has 0 fully saturated rings. The number of hydrogen-bond donors (Lipinski definition) is 1. The Morgan fingerprint density at radius 3 is 2.72 bits per heavy atom. The third kappa shape index (κ3) is 3.05. The van der Waals surface area contributed by atoms with Crippen LogP contribution in [0.1, 0.15) is 46.5 Å². The van der Waals surface area contributed by atoms with E-state index >= 15 is 0 Å². The molecule has 0 radical (unpaired) electrons. The second kappa shape index (κ2) is 6.51. The number of fused-ring (bicyclic) bond motifs is 1. The first kappa shape index (κ1) is 15.6. The van der Waals surface area contributed by atoms with Crippen molar-refractivity contribution in [2.75, 3.05) is 0 Å². The van der Waals surface area contributed by atoms with Gasteiger partial charge in [-0.05, 0) is 49.4 Å². The first-order valence-electron chi connectivity index (χ1n) is 8.60. The Balaban J connectivity index is 1.57. The van der Waals surface area contributed by atoms with Gasteiger partial charge >= 0.3 is 0 Å². The Morgan fingerprint density at radius 2 is 1.88 bits per heavy atom. The van der Waals surface area contributed by atoms with Crippen molar-refractivity contribution in [3.8, 4) is 5.69 Å². The molecule has 5 nitrogen and oxygen atoms in total. The lowest BCUT2D eigenvalue weighted by Gasteiger charge is -2.25. The van der Waals surface area contributed by atoms with Crippen LogP contribution < -0.4 is 5.32 Å². The van der Waals surface area contributed by atoms with Gasteiger partial charge in [0.2, 0.25) is 5.82 Å². The fourth-order valence-electron chi connectivity index (χ4n) is 3.43. The van der Waals surface area contributed by atoms with Crippen LogP contribution in [-0.2, 0) is 6.42 Å². The summed E-state index contributed by atoms with van der Waals surface area (Å²) in [5.41, 5.74) is 3.42. The average Bonchev–Trinajstić information content (AvgIpc) is 3.05. The second-order valence-electron chi connectivity index (χ2n) is 6.35. The molecule has 1 amide bonds. The first-order chi connectivity index (χ1) is 12.2. The summed E-state index contributed by atoms with van der Waals surface area (Å²) in [5, 5.41) is 7.50. The monoisotopic (exact) mass is 332 g/mol. The number of nitrogens with one attached hydrogen (secondary N) is 1. The van der Waals surface area contributed by atoms with Crippen LogP contribution in [-0.4, -0.2) is 20.7 Å². The minimum absolute atomic E-state index is 0.0291. The Kier molecular flexibility index (Phi) is 4.06. The zero-order chi connectivity index (χ0) is 17.2. The molecule has 4 rings (SSSR count). The summed E-state index contributed by atoms with van der Waals surface area (Å²) in [6.07, 6.45) is 3.09. The Morgan fingerprint density at radius 1 is 1.12 bits per heavy atom. The number of benzene rings is 2. The molecule has 2 aromatic carbocycles. The zero-order valence-corrected chi connectivity index (χ0v) is 14.1. The quantitative estimate of drug-likeness (QED) is 0.800. The molecule has 1 N–H and O–H groups in total. The molecule has 1 atom stereocenters. The van der Waals surface area contributed by atoms with Gasteiger partial charge in [0.05, 0.1) is 11.7 Å². The van der Waals surface area contributed by atoms with E-state index in [4.69, 9.17) is 0 Å². The standard InChI is InChI=1S/C20H20N4O/c1-14-21-19(23-24(14)16-10-3-2-4-11-16)20(25)22-18-13-7-9-15-8-5-6-12-17(15)18/h2-6,8,10-12,18H,7,9,13H2,1H3,(H,22,25)/t18-/m1/s1. The highest BCUT2D eigenvalue weighted by Gasteiger charge is 2.24. The molecule has 1 heterocycles. The Bertz CT molecular complexity index is 901. The molecule has 1 aromatic heterocycles. The van der Waals surface area contributed by atoms with Gasteiger partial charge in [0.15, 0.2) is 0 Å². The number of amides is 1. The molecule has 25 heavy (non-hydrogen) atoms. The zero-order valence-electron chi connectivity index (χ0n) is 14.1. The van der Waals surface area contributed by atoms with Crippen molar-refractivity contribution in [3.63, 3.8) is 0 Å². The van der Waals surface area contributed by atoms with Crippen LogP contribution in [0.25, 0.3) is 5.69 Å². The molecule has 5 heteroatoms. The second-order valence-corrected chi connectivity index (χ2v) is 6.35. The lowest BCUT2D eigenvalue weighted by atomic mass is 9.88. The highest BCUT2D eigenvalue weighted by atomic mass is 16.2. The van der Waals surface area contributed by atoms with E-state index in [9.17, 15) is 4.79 Å². The van der Waals surface area contributed by atoms with Gasteiger partial charge in [0.1, 0.15) is 5.82 Å². The van der Waals surface area contributed by atoms with Crippen molar-refractivity contribution in [1.82, 2.24) is 20.1 Å². The summed E-state index contributed by atoms with van der Waals surface area (Å²) >= 11 is 0. The first-order valence-corrected chi connectivity index (χ1v) is 8.60. The maximum Gasteiger partial charge on any atom is 0.291 e. The third-order valence-corrected chi connectivity index (χ3v) is 4.65. The SMILES string of the molecule is Cc1nc(C(=O)N[C@@H]2CCCc3ccccc32)nn1-c1ccccc1. The van der Waals surface area contributed by atoms with E-state index in [1.807, 2.05) is 43.3 Å². The predicted octanol–water partition coefficient (Wildman–Crippen LogP) is 3.38. The number of para-hydroxylation sites is 1. The van der Waals surface area contributed by atoms with Crippen LogP contribution in [0.2, 0.25) is 0 Å². The number of rotatable bonds is 3. The van der Waals surface area contributed by atoms with Crippen LogP contribution in [0.15, 0.2) is 54.6 Å². The summed E-state index contributed by atoms with van der Waals surface area (Å²) in [7, 11) is 0. The van der Waals surface area contributed by atoms with Gasteiger partial charge in [-0.25, -0.2) is 9.67 Å². The minimum atomic E-state index is -0.223. The van der Waals surface area contributed by atoms with E-state index in [0.29, 0.717) is 5.82 Å². The van der Waals surface area contributed by atoms with E-state index in [1.165, 1.54) is 11.1 Å². The van der Waals surface area contributed by atoms with Gasteiger partial charge in [0.25, 0.3) is 5.91 Å². The van der Waals surface area contributed by atoms with Crippen molar-refractivity contribution in [1.29, 1.82) is 0 Å². The van der Waals surface area contributed by atoms with Gasteiger partial charge < -0.3 is 5.32 Å². The van der Waals surface area contributed by atoms with Crippen molar-refractivity contribution < 1.29 is 4.79 Å². The van der Waals surface area contributed by atoms with Crippen molar-refractivity contribution in [2.45, 2.75) is 32.2 Å². The number of aromatic nitrogens is 3. The molecule has 0 bridgehead atoms. The summed E-state index contributed by atoms with van der Waals surface area (Å²) < 4.78 is 1.70. The van der Waals surface area contributed by atoms with Gasteiger partial charge in [-0.2, -0.15) is 0 Å². The van der Waals surface area contributed by atoms with E-state index in [0.717, 1.165) is 24.9 Å². The molecular weight excluding hydrogens is 312 g/mol. The number of carbonyl (C=O) groups excluding carboxylic acids is 1. The smallest absolute Gasteiger partial charge is 0.291 e. The fraction of sp³-hybridized carbons (Fsp3) is 0.250. The van der Waals surface area contributed by atoms with E-state index in [-0.39, 0.29) is 17.8 Å². The summed E-state index contributed by atoms with van der Waals surface area (Å²) in [6.45, 7) is 1.85. The minimum Gasteiger partial charge on any atom is -0.342 e. The number of nitrogens with zero attached hydrogens (tertiary/aromatic N) is 3. The lowest BCUT2D eigenvalue weighted by Crippen LogP contribution is -2.31. The highest BCUT2D eigenvalue weighted by Crippen LogP contribution is 2.29. The number of hydrogen-bond acceptors (Lipinski definition) is 3. The number of carbonyl (C=O) groups is 1. The van der Waals surface area contributed by atoms with Gasteiger partial charge in [-0.15, -0.1) is 5.10 Å². The summed E-state index contributed by atoms with van der Waals surface area (Å²) in [6, 6.07) is 18.1. The molecule has 0 aliphatic heterocycles. The third-order valence-electron chi connectivity index (χ3n) is 4.65. The summed E-state index contributed by atoms with van der Waals surface area (Å²) in [5.74, 6) is 0.685. The number of aryl methyl sites for hydroxylation is 2. The summed E-state index contributed by atoms with van der Waals surface area (Å²) in [4.78, 5) is 17.0. The van der Waals surface area contributed by atoms with Crippen LogP contribution >= 0.6 is 0 Å². The van der Waals surface area contributed by atoms with E-state index in [1.54, 1.807) is 4.68 Å². The van der Waals surface area contributed by atoms with Crippen molar-refractivity contribution >= 4 is 5.91 Å². The van der Waals surface area contributed by atoms with E-state index in [2.05, 4.69) is 33.6 Å². The van der Waals surface area contributed by atoms with Crippen molar-refractivity contribution in [3.05, 3.63) is 77.4 Å². The largest absolute Gasteiger partial charge is 0.342 e. The van der Waals surface area contributed by atoms with Crippen LogP contribution in [0.5, 0.6) is 0 Å². The van der Waals surface area contributed by atoms with Crippen LogP contribution in [0.3, 0.4) is 0 Å². The molecule has 0 saturated carbocycles. The predicted molar refractivity (Wildman–Crippen MR) is 95.7 cm³/mol. The highest BCUT2D eigenvalue weighted by molar-refractivity contribution is 5.90. The fourth-order valence-corrected chi connectivity index (χ4v) is 3.43. The molecule has 3 aromatic rings. The molecule has 1 aliphatic rings. The lowest BCUT2D eigenvalue weighted by molar-refractivity contribution is 0.0922. The topological polar surface area (TPSA) is 59.8 Å². The maximum atomic E-state index is 12.7. The van der Waals surface area contributed by atoms with Gasteiger partial charge in [-0.1, -0.05) is 42.5 Å². The van der Waals surface area contributed by atoms with Crippen molar-refractivity contribution in [2.24, 2.45) is 0 Å². The maximum absolute atomic E-state index is 12.7. The molecular formula is C20H20N4O. The molecule has 0 saturated heterocycles.